The number of hydrogen-bond donors (Lipinski definition) is 1. The average molecular weight is 395 g/mol. The lowest BCUT2D eigenvalue weighted by Gasteiger charge is -2.18. The summed E-state index contributed by atoms with van der Waals surface area (Å²) in [4.78, 5) is 11.3. The lowest BCUT2D eigenvalue weighted by molar-refractivity contribution is -0.137. The third kappa shape index (κ3) is 3.26. The number of aromatic nitrogens is 1. The highest BCUT2D eigenvalue weighted by atomic mass is 19.4. The van der Waals surface area contributed by atoms with Gasteiger partial charge in [0, 0.05) is 11.4 Å². The van der Waals surface area contributed by atoms with Crippen LogP contribution in [0.1, 0.15) is 27.3 Å². The van der Waals surface area contributed by atoms with Crippen LogP contribution < -0.4 is 0 Å². The standard InChI is InChI=1S/C20H14F5NO2/c1-10-8-13(19(27)28)11(2)26(10)17-7-6-12(9-14(17)20(23,24)25)18-15(21)4-3-5-16(18)22/h3-9H,1-2H3,(H,27,28). The lowest BCUT2D eigenvalue weighted by Crippen LogP contribution is -2.13. The van der Waals surface area contributed by atoms with Gasteiger partial charge >= 0.3 is 12.1 Å². The van der Waals surface area contributed by atoms with Gasteiger partial charge in [0.2, 0.25) is 0 Å². The molecule has 0 atom stereocenters. The Morgan fingerprint density at radius 1 is 1.00 bits per heavy atom. The predicted octanol–water partition coefficient (Wildman–Crippen LogP) is 5.76. The second-order valence-corrected chi connectivity index (χ2v) is 6.25. The van der Waals surface area contributed by atoms with Gasteiger partial charge in [0.15, 0.2) is 0 Å². The van der Waals surface area contributed by atoms with E-state index in [-0.39, 0.29) is 28.2 Å². The SMILES string of the molecule is Cc1cc(C(=O)O)c(C)n1-c1ccc(-c2c(F)cccc2F)cc1C(F)(F)F. The van der Waals surface area contributed by atoms with E-state index in [1.807, 2.05) is 0 Å². The Hall–Kier alpha value is -3.16. The first-order valence-electron chi connectivity index (χ1n) is 8.10. The number of aromatic carboxylic acids is 1. The average Bonchev–Trinajstić information content (AvgIpc) is 2.89. The molecular weight excluding hydrogens is 381 g/mol. The Bertz CT molecular complexity index is 1060. The Morgan fingerprint density at radius 3 is 2.11 bits per heavy atom. The van der Waals surface area contributed by atoms with E-state index in [9.17, 15) is 31.9 Å². The van der Waals surface area contributed by atoms with E-state index in [1.54, 1.807) is 0 Å². The summed E-state index contributed by atoms with van der Waals surface area (Å²) >= 11 is 0. The Balaban J connectivity index is 2.30. The number of carboxylic acids is 1. The number of hydrogen-bond acceptors (Lipinski definition) is 1. The number of carbonyl (C=O) groups is 1. The molecule has 3 aromatic rings. The fourth-order valence-corrected chi connectivity index (χ4v) is 3.24. The first-order valence-corrected chi connectivity index (χ1v) is 8.10. The number of halogens is 5. The van der Waals surface area contributed by atoms with Crippen molar-refractivity contribution in [3.63, 3.8) is 0 Å². The van der Waals surface area contributed by atoms with Crippen LogP contribution in [-0.2, 0) is 6.18 Å². The Labute approximate surface area is 156 Å². The monoisotopic (exact) mass is 395 g/mol. The van der Waals surface area contributed by atoms with Crippen LogP contribution in [0.15, 0.2) is 42.5 Å². The van der Waals surface area contributed by atoms with Gasteiger partial charge in [0.1, 0.15) is 11.6 Å². The van der Waals surface area contributed by atoms with Gasteiger partial charge in [0.05, 0.1) is 22.4 Å². The number of aryl methyl sites for hydroxylation is 1. The zero-order valence-electron chi connectivity index (χ0n) is 14.7. The topological polar surface area (TPSA) is 42.2 Å². The van der Waals surface area contributed by atoms with Crippen molar-refractivity contribution in [2.45, 2.75) is 20.0 Å². The smallest absolute Gasteiger partial charge is 0.418 e. The zero-order chi connectivity index (χ0) is 20.8. The maximum atomic E-state index is 14.0. The van der Waals surface area contributed by atoms with Crippen LogP contribution >= 0.6 is 0 Å². The molecule has 0 radical (unpaired) electrons. The molecule has 0 unspecified atom stereocenters. The summed E-state index contributed by atoms with van der Waals surface area (Å²) < 4.78 is 70.4. The molecule has 0 aliphatic heterocycles. The molecule has 146 valence electrons. The van der Waals surface area contributed by atoms with E-state index in [4.69, 9.17) is 0 Å². The summed E-state index contributed by atoms with van der Waals surface area (Å²) in [5.41, 5.74) is -2.03. The molecule has 3 rings (SSSR count). The second-order valence-electron chi connectivity index (χ2n) is 6.25. The summed E-state index contributed by atoms with van der Waals surface area (Å²) in [6, 6.07) is 7.21. The number of benzene rings is 2. The van der Waals surface area contributed by atoms with Crippen LogP contribution in [0.5, 0.6) is 0 Å². The molecule has 0 aliphatic carbocycles. The number of alkyl halides is 3. The molecule has 0 saturated carbocycles. The molecule has 1 N–H and O–H groups in total. The minimum atomic E-state index is -4.83. The molecule has 2 aromatic carbocycles. The highest BCUT2D eigenvalue weighted by Crippen LogP contribution is 2.39. The van der Waals surface area contributed by atoms with Crippen molar-refractivity contribution in [1.82, 2.24) is 4.57 Å². The van der Waals surface area contributed by atoms with Gasteiger partial charge in [-0.1, -0.05) is 12.1 Å². The maximum Gasteiger partial charge on any atom is 0.418 e. The minimum absolute atomic E-state index is 0.111. The molecule has 8 heteroatoms. The van der Waals surface area contributed by atoms with E-state index in [1.165, 1.54) is 26.0 Å². The van der Waals surface area contributed by atoms with Crippen LogP contribution in [0.25, 0.3) is 16.8 Å². The molecule has 0 spiro atoms. The van der Waals surface area contributed by atoms with Crippen molar-refractivity contribution in [3.8, 4) is 16.8 Å². The third-order valence-corrected chi connectivity index (χ3v) is 4.46. The van der Waals surface area contributed by atoms with Crippen LogP contribution in [0.3, 0.4) is 0 Å². The molecule has 1 heterocycles. The summed E-state index contributed by atoms with van der Waals surface area (Å²) in [6.45, 7) is 2.87. The largest absolute Gasteiger partial charge is 0.478 e. The van der Waals surface area contributed by atoms with Crippen LogP contribution in [0, 0.1) is 25.5 Å². The van der Waals surface area contributed by atoms with Gasteiger partial charge in [-0.05, 0) is 49.7 Å². The Morgan fingerprint density at radius 2 is 1.61 bits per heavy atom. The van der Waals surface area contributed by atoms with Crippen molar-refractivity contribution < 1.29 is 31.9 Å². The van der Waals surface area contributed by atoms with Crippen molar-refractivity contribution in [3.05, 3.63) is 76.6 Å². The fraction of sp³-hybridized carbons (Fsp3) is 0.150. The van der Waals surface area contributed by atoms with E-state index < -0.39 is 34.9 Å². The normalized spacial score (nSPS) is 11.7. The molecular formula is C20H14F5NO2. The fourth-order valence-electron chi connectivity index (χ4n) is 3.24. The molecule has 0 saturated heterocycles. The predicted molar refractivity (Wildman–Crippen MR) is 92.6 cm³/mol. The number of rotatable bonds is 3. The van der Waals surface area contributed by atoms with Gasteiger partial charge in [0.25, 0.3) is 0 Å². The lowest BCUT2D eigenvalue weighted by atomic mass is 10.00. The number of nitrogens with zero attached hydrogens (tertiary/aromatic N) is 1. The molecule has 3 nitrogen and oxygen atoms in total. The maximum absolute atomic E-state index is 14.0. The van der Waals surface area contributed by atoms with E-state index in [0.29, 0.717) is 6.07 Å². The van der Waals surface area contributed by atoms with Crippen LogP contribution in [-0.4, -0.2) is 15.6 Å². The van der Waals surface area contributed by atoms with E-state index >= 15 is 0 Å². The van der Waals surface area contributed by atoms with Crippen molar-refractivity contribution >= 4 is 5.97 Å². The first-order chi connectivity index (χ1) is 13.0. The highest BCUT2D eigenvalue weighted by molar-refractivity contribution is 5.89. The second kappa shape index (κ2) is 6.78. The van der Waals surface area contributed by atoms with Gasteiger partial charge in [-0.25, -0.2) is 13.6 Å². The van der Waals surface area contributed by atoms with E-state index in [2.05, 4.69) is 0 Å². The molecule has 1 aromatic heterocycles. The Kier molecular flexibility index (Phi) is 4.74. The van der Waals surface area contributed by atoms with Crippen molar-refractivity contribution in [2.75, 3.05) is 0 Å². The molecule has 0 fully saturated rings. The van der Waals surface area contributed by atoms with Crippen LogP contribution in [0.4, 0.5) is 22.0 Å². The highest BCUT2D eigenvalue weighted by Gasteiger charge is 2.35. The minimum Gasteiger partial charge on any atom is -0.478 e. The molecule has 0 aliphatic rings. The zero-order valence-corrected chi connectivity index (χ0v) is 14.7. The van der Waals surface area contributed by atoms with Crippen molar-refractivity contribution in [2.24, 2.45) is 0 Å². The quantitative estimate of drug-likeness (QED) is 0.573. The van der Waals surface area contributed by atoms with Gasteiger partial charge in [-0.2, -0.15) is 13.2 Å². The summed E-state index contributed by atoms with van der Waals surface area (Å²) in [5.74, 6) is -3.23. The van der Waals surface area contributed by atoms with E-state index in [0.717, 1.165) is 28.8 Å². The summed E-state index contributed by atoms with van der Waals surface area (Å²) in [6.07, 6.45) is -4.83. The summed E-state index contributed by atoms with van der Waals surface area (Å²) in [7, 11) is 0. The van der Waals surface area contributed by atoms with Gasteiger partial charge < -0.3 is 9.67 Å². The van der Waals surface area contributed by atoms with Crippen molar-refractivity contribution in [1.29, 1.82) is 0 Å². The summed E-state index contributed by atoms with van der Waals surface area (Å²) in [5, 5.41) is 9.21. The molecule has 28 heavy (non-hydrogen) atoms. The molecule has 0 amide bonds. The molecule has 0 bridgehead atoms. The third-order valence-electron chi connectivity index (χ3n) is 4.46. The first kappa shape index (κ1) is 19.6. The van der Waals surface area contributed by atoms with Gasteiger partial charge in [-0.15, -0.1) is 0 Å². The number of carboxylic acid groups (broad SMARTS) is 1. The van der Waals surface area contributed by atoms with Gasteiger partial charge in [-0.3, -0.25) is 0 Å². The van der Waals surface area contributed by atoms with Crippen LogP contribution in [0.2, 0.25) is 0 Å².